The Morgan fingerprint density at radius 3 is 2.61 bits per heavy atom. The number of piperidine rings is 1. The molecule has 0 spiro atoms. The Hall–Kier alpha value is -2.46. The molecule has 0 bridgehead atoms. The summed E-state index contributed by atoms with van der Waals surface area (Å²) in [5.41, 5.74) is 12.4. The Balaban J connectivity index is 0.00000385. The van der Waals surface area contributed by atoms with Crippen LogP contribution in [0, 0.1) is 0 Å². The highest BCUT2D eigenvalue weighted by atomic mass is 35.5. The number of amides is 1. The molecule has 1 amide bonds. The average Bonchev–Trinajstić information content (AvgIpc) is 2.79. The maximum absolute atomic E-state index is 12.4. The van der Waals surface area contributed by atoms with Gasteiger partial charge in [0.2, 0.25) is 0 Å². The third kappa shape index (κ3) is 8.77. The molecule has 1 fully saturated rings. The van der Waals surface area contributed by atoms with Crippen LogP contribution in [0.15, 0.2) is 41.3 Å². The molecule has 6 N–H and O–H groups in total. The van der Waals surface area contributed by atoms with Crippen molar-refractivity contribution >= 4 is 29.8 Å². The molecule has 1 aliphatic rings. The van der Waals surface area contributed by atoms with Crippen LogP contribution in [0.3, 0.4) is 0 Å². The second kappa shape index (κ2) is 13.9. The highest BCUT2D eigenvalue weighted by Gasteiger charge is 2.15. The number of nitrogens with two attached hydrogens (primary N) is 2. The van der Waals surface area contributed by atoms with E-state index >= 15 is 0 Å². The van der Waals surface area contributed by atoms with E-state index in [-0.39, 0.29) is 24.0 Å². The average molecular weight is 478 g/mol. The monoisotopic (exact) mass is 477 g/mol. The molecule has 0 radical (unpaired) electrons. The lowest BCUT2D eigenvalue weighted by Crippen LogP contribution is -2.40. The Morgan fingerprint density at radius 2 is 1.88 bits per heavy atom. The summed E-state index contributed by atoms with van der Waals surface area (Å²) in [4.78, 5) is 31.2. The molecule has 10 heteroatoms. The number of nitrogens with one attached hydrogen (secondary N) is 2. The molecule has 0 saturated carbocycles. The summed E-state index contributed by atoms with van der Waals surface area (Å²) in [6.07, 6.45) is 6.61. The Labute approximate surface area is 201 Å². The molecule has 0 unspecified atom stereocenters. The first-order valence-corrected chi connectivity index (χ1v) is 11.5. The number of likely N-dealkylation sites (tertiary alicyclic amines) is 1. The van der Waals surface area contributed by atoms with Gasteiger partial charge in [-0.25, -0.2) is 4.79 Å². The van der Waals surface area contributed by atoms with Crippen molar-refractivity contribution in [2.75, 3.05) is 38.0 Å². The number of nitrogens with zero attached hydrogens (tertiary/aromatic N) is 3. The Bertz CT molecular complexity index is 929. The molecular weight excluding hydrogens is 442 g/mol. The van der Waals surface area contributed by atoms with E-state index in [2.05, 4.69) is 20.5 Å². The second-order valence-electron chi connectivity index (χ2n) is 8.28. The summed E-state index contributed by atoms with van der Waals surface area (Å²) in [5, 5.41) is 5.94. The lowest BCUT2D eigenvalue weighted by molar-refractivity contribution is 0.0953. The molecule has 33 heavy (non-hydrogen) atoms. The fourth-order valence-electron chi connectivity index (χ4n) is 3.75. The van der Waals surface area contributed by atoms with Gasteiger partial charge in [-0.15, -0.1) is 12.4 Å². The molecule has 2 aromatic rings. The summed E-state index contributed by atoms with van der Waals surface area (Å²) in [6.45, 7) is 4.91. The molecule has 182 valence electrons. The normalized spacial score (nSPS) is 14.5. The fourth-order valence-corrected chi connectivity index (χ4v) is 3.75. The zero-order valence-corrected chi connectivity index (χ0v) is 19.9. The van der Waals surface area contributed by atoms with E-state index in [0.717, 1.165) is 51.7 Å². The van der Waals surface area contributed by atoms with Gasteiger partial charge in [0, 0.05) is 36.6 Å². The zero-order valence-electron chi connectivity index (χ0n) is 19.0. The smallest absolute Gasteiger partial charge is 0.349 e. The van der Waals surface area contributed by atoms with Crippen molar-refractivity contribution < 1.29 is 4.79 Å². The van der Waals surface area contributed by atoms with Crippen LogP contribution in [-0.4, -0.2) is 59.1 Å². The predicted molar refractivity (Wildman–Crippen MR) is 134 cm³/mol. The number of hydrogen-bond donors (Lipinski definition) is 4. The zero-order chi connectivity index (χ0) is 22.8. The van der Waals surface area contributed by atoms with Gasteiger partial charge in [0.25, 0.3) is 5.91 Å². The van der Waals surface area contributed by atoms with E-state index in [0.29, 0.717) is 42.7 Å². The van der Waals surface area contributed by atoms with Crippen molar-refractivity contribution in [2.45, 2.75) is 44.7 Å². The van der Waals surface area contributed by atoms with Gasteiger partial charge >= 0.3 is 5.69 Å². The number of hydrogen-bond acceptors (Lipinski definition) is 7. The van der Waals surface area contributed by atoms with Crippen molar-refractivity contribution in [3.63, 3.8) is 0 Å². The van der Waals surface area contributed by atoms with E-state index in [9.17, 15) is 9.59 Å². The lowest BCUT2D eigenvalue weighted by atomic mass is 10.1. The van der Waals surface area contributed by atoms with Crippen LogP contribution in [0.2, 0.25) is 0 Å². The van der Waals surface area contributed by atoms with E-state index < -0.39 is 0 Å². The molecular formula is C23H36ClN7O2. The van der Waals surface area contributed by atoms with Gasteiger partial charge in [0.05, 0.1) is 0 Å². The van der Waals surface area contributed by atoms with Crippen molar-refractivity contribution in [3.05, 3.63) is 52.6 Å². The van der Waals surface area contributed by atoms with E-state index in [1.54, 1.807) is 35.0 Å². The van der Waals surface area contributed by atoms with Gasteiger partial charge in [-0.1, -0.05) is 6.07 Å². The quantitative estimate of drug-likeness (QED) is 0.362. The molecule has 1 aromatic carbocycles. The van der Waals surface area contributed by atoms with Gasteiger partial charge in [-0.3, -0.25) is 9.36 Å². The summed E-state index contributed by atoms with van der Waals surface area (Å²) < 4.78 is 1.64. The minimum atomic E-state index is -0.283. The summed E-state index contributed by atoms with van der Waals surface area (Å²) in [7, 11) is 0. The number of benzene rings is 1. The third-order valence-electron chi connectivity index (χ3n) is 5.69. The topological polar surface area (TPSA) is 131 Å². The minimum absolute atomic E-state index is 0. The molecule has 1 aromatic heterocycles. The summed E-state index contributed by atoms with van der Waals surface area (Å²) in [5.74, 6) is 0.300. The number of anilines is 2. The van der Waals surface area contributed by atoms with Crippen molar-refractivity contribution in [2.24, 2.45) is 11.5 Å². The van der Waals surface area contributed by atoms with Gasteiger partial charge in [-0.2, -0.15) is 4.98 Å². The van der Waals surface area contributed by atoms with Crippen LogP contribution < -0.4 is 27.8 Å². The maximum Gasteiger partial charge on any atom is 0.349 e. The molecule has 9 nitrogen and oxygen atoms in total. The van der Waals surface area contributed by atoms with Crippen molar-refractivity contribution in [1.29, 1.82) is 0 Å². The SMILES string of the molecule is Cl.NCCCNC(=O)c1cccc(Nc2ccn(CCCCN3CCC(N)CC3)c(=O)n2)c1. The van der Waals surface area contributed by atoms with Crippen LogP contribution >= 0.6 is 12.4 Å². The van der Waals surface area contributed by atoms with Gasteiger partial charge < -0.3 is 27.0 Å². The highest BCUT2D eigenvalue weighted by Crippen LogP contribution is 2.15. The molecule has 1 saturated heterocycles. The standard InChI is InChI=1S/C23H35N7O2.ClH/c24-10-4-11-26-22(31)18-5-3-6-20(17-18)27-21-9-16-30(23(32)28-21)13-2-1-12-29-14-7-19(25)8-15-29;/h3,5-6,9,16-17,19H,1-2,4,7-8,10-15,24-25H2,(H,26,31)(H,27,28,32);1H. The largest absolute Gasteiger partial charge is 0.352 e. The van der Waals surface area contributed by atoms with Crippen molar-refractivity contribution in [1.82, 2.24) is 19.8 Å². The van der Waals surface area contributed by atoms with Crippen LogP contribution in [-0.2, 0) is 6.54 Å². The summed E-state index contributed by atoms with van der Waals surface area (Å²) in [6, 6.07) is 9.23. The van der Waals surface area contributed by atoms with Crippen molar-refractivity contribution in [3.8, 4) is 0 Å². The number of aromatic nitrogens is 2. The number of carbonyl (C=O) groups is 1. The van der Waals surface area contributed by atoms with Crippen LogP contribution in [0.4, 0.5) is 11.5 Å². The number of aryl methyl sites for hydroxylation is 1. The first-order valence-electron chi connectivity index (χ1n) is 11.5. The minimum Gasteiger partial charge on any atom is -0.352 e. The molecule has 0 aliphatic carbocycles. The van der Waals surface area contributed by atoms with Crippen LogP contribution in [0.5, 0.6) is 0 Å². The third-order valence-corrected chi connectivity index (χ3v) is 5.69. The number of halogens is 1. The van der Waals surface area contributed by atoms with Gasteiger partial charge in [0.15, 0.2) is 0 Å². The Morgan fingerprint density at radius 1 is 1.12 bits per heavy atom. The van der Waals surface area contributed by atoms with Crippen LogP contribution in [0.1, 0.15) is 42.5 Å². The number of rotatable bonds is 11. The maximum atomic E-state index is 12.4. The van der Waals surface area contributed by atoms with E-state index in [4.69, 9.17) is 11.5 Å². The molecule has 1 aliphatic heterocycles. The molecule has 0 atom stereocenters. The number of carbonyl (C=O) groups excluding carboxylic acids is 1. The second-order valence-corrected chi connectivity index (χ2v) is 8.28. The Kier molecular flexibility index (Phi) is 11.3. The molecule has 2 heterocycles. The lowest BCUT2D eigenvalue weighted by Gasteiger charge is -2.29. The molecule has 3 rings (SSSR count). The highest BCUT2D eigenvalue weighted by molar-refractivity contribution is 5.95. The summed E-state index contributed by atoms with van der Waals surface area (Å²) >= 11 is 0. The van der Waals surface area contributed by atoms with E-state index in [1.807, 2.05) is 6.07 Å². The predicted octanol–water partition coefficient (Wildman–Crippen LogP) is 1.69. The van der Waals surface area contributed by atoms with Crippen LogP contribution in [0.25, 0.3) is 0 Å². The van der Waals surface area contributed by atoms with Gasteiger partial charge in [-0.05, 0) is 82.5 Å². The van der Waals surface area contributed by atoms with Gasteiger partial charge in [0.1, 0.15) is 5.82 Å². The first kappa shape index (κ1) is 26.8. The fraction of sp³-hybridized carbons (Fsp3) is 0.522. The first-order chi connectivity index (χ1) is 15.5. The number of unbranched alkanes of at least 4 members (excludes halogenated alkanes) is 1. The van der Waals surface area contributed by atoms with E-state index in [1.165, 1.54) is 0 Å².